The Kier molecular flexibility index (Phi) is 7.69. The Balaban J connectivity index is 1.62. The first kappa shape index (κ1) is 24.1. The summed E-state index contributed by atoms with van der Waals surface area (Å²) < 4.78 is 9.66. The number of benzene rings is 3. The minimum Gasteiger partial charge on any atom is -0.487 e. The van der Waals surface area contributed by atoms with Gasteiger partial charge in [0.05, 0.1) is 26.1 Å². The van der Waals surface area contributed by atoms with Gasteiger partial charge in [0.1, 0.15) is 18.2 Å². The second kappa shape index (κ2) is 10.5. The number of rotatable bonds is 6. The molecule has 0 saturated heterocycles. The molecule has 3 aromatic carbocycles. The Morgan fingerprint density at radius 1 is 1.06 bits per heavy atom. The zero-order chi connectivity index (χ0) is 23.5. The number of nitrogens with zero attached hydrogens (tertiary/aromatic N) is 3. The number of hydrogen-bond acceptors (Lipinski definition) is 4. The highest BCUT2D eigenvalue weighted by Crippen LogP contribution is 2.35. The first-order chi connectivity index (χ1) is 15.9. The van der Waals surface area contributed by atoms with E-state index in [0.717, 1.165) is 24.5 Å². The number of aryl methyl sites for hydroxylation is 1. The third kappa shape index (κ3) is 5.57. The van der Waals surface area contributed by atoms with Gasteiger partial charge in [-0.3, -0.25) is 4.79 Å². The molecule has 1 heterocycles. The molecule has 0 unspecified atom stereocenters. The fourth-order valence-corrected chi connectivity index (χ4v) is 5.13. The minimum atomic E-state index is -0.213. The molecule has 0 radical (unpaired) electrons. The molecular weight excluding hydrogens is 637 g/mol. The second-order valence-electron chi connectivity index (χ2n) is 7.13. The molecule has 168 valence electrons. The van der Waals surface area contributed by atoms with Crippen LogP contribution >= 0.6 is 59.4 Å². The van der Waals surface area contributed by atoms with Gasteiger partial charge in [-0.25, -0.2) is 4.98 Å². The maximum Gasteiger partial charge on any atom is 0.282 e. The minimum absolute atomic E-state index is 0.213. The highest BCUT2D eigenvalue weighted by Gasteiger charge is 2.11. The van der Waals surface area contributed by atoms with Crippen LogP contribution in [0.3, 0.4) is 0 Å². The quantitative estimate of drug-likeness (QED) is 0.204. The maximum absolute atomic E-state index is 13.1. The zero-order valence-corrected chi connectivity index (χ0v) is 22.9. The third-order valence-electron chi connectivity index (χ3n) is 4.83. The van der Waals surface area contributed by atoms with Crippen LogP contribution < -0.4 is 10.3 Å². The fraction of sp³-hybridized carbons (Fsp3) is 0.125. The fourth-order valence-electron chi connectivity index (χ4n) is 3.20. The number of fused-ring (bicyclic) bond motifs is 1. The van der Waals surface area contributed by atoms with E-state index < -0.39 is 0 Å². The number of aromatic nitrogens is 2. The van der Waals surface area contributed by atoms with E-state index >= 15 is 0 Å². The summed E-state index contributed by atoms with van der Waals surface area (Å²) in [4.78, 5) is 17.6. The Labute approximate surface area is 220 Å². The van der Waals surface area contributed by atoms with Crippen LogP contribution in [0.2, 0.25) is 5.02 Å². The third-order valence-corrected chi connectivity index (χ3v) is 6.75. The van der Waals surface area contributed by atoms with Crippen molar-refractivity contribution in [1.29, 1.82) is 0 Å². The van der Waals surface area contributed by atoms with Crippen molar-refractivity contribution in [2.45, 2.75) is 20.0 Å². The zero-order valence-electron chi connectivity index (χ0n) is 17.4. The molecule has 9 heteroatoms. The molecule has 33 heavy (non-hydrogen) atoms. The van der Waals surface area contributed by atoms with Crippen LogP contribution in [-0.4, -0.2) is 15.9 Å². The predicted molar refractivity (Wildman–Crippen MR) is 144 cm³/mol. The van der Waals surface area contributed by atoms with Crippen LogP contribution in [-0.2, 0) is 13.0 Å². The van der Waals surface area contributed by atoms with Gasteiger partial charge < -0.3 is 4.74 Å². The first-order valence-electron chi connectivity index (χ1n) is 9.97. The summed E-state index contributed by atoms with van der Waals surface area (Å²) in [6.45, 7) is 2.34. The van der Waals surface area contributed by atoms with Crippen molar-refractivity contribution in [3.63, 3.8) is 0 Å². The van der Waals surface area contributed by atoms with E-state index in [-0.39, 0.29) is 5.56 Å². The smallest absolute Gasteiger partial charge is 0.282 e. The number of halogens is 4. The van der Waals surface area contributed by atoms with Crippen molar-refractivity contribution in [3.8, 4) is 5.75 Å². The van der Waals surface area contributed by atoms with Crippen molar-refractivity contribution >= 4 is 76.5 Å². The van der Waals surface area contributed by atoms with Crippen molar-refractivity contribution < 1.29 is 4.74 Å². The van der Waals surface area contributed by atoms with Gasteiger partial charge in [0.15, 0.2) is 0 Å². The number of hydrogen-bond donors (Lipinski definition) is 0. The molecule has 0 N–H and O–H groups in total. The Hall–Kier alpha value is -2.00. The Morgan fingerprint density at radius 3 is 2.42 bits per heavy atom. The summed E-state index contributed by atoms with van der Waals surface area (Å²) in [6, 6.07) is 16.7. The normalized spacial score (nSPS) is 11.4. The lowest BCUT2D eigenvalue weighted by atomic mass is 10.2. The van der Waals surface area contributed by atoms with Crippen LogP contribution in [0.15, 0.2) is 77.9 Å². The van der Waals surface area contributed by atoms with E-state index in [1.165, 1.54) is 4.68 Å². The molecule has 5 nitrogen and oxygen atoms in total. The summed E-state index contributed by atoms with van der Waals surface area (Å²) in [5.41, 5.74) is 2.23. The molecule has 0 aliphatic heterocycles. The molecule has 0 amide bonds. The second-order valence-corrected chi connectivity index (χ2v) is 10.2. The van der Waals surface area contributed by atoms with Crippen LogP contribution in [0.4, 0.5) is 0 Å². The molecule has 0 spiro atoms. The van der Waals surface area contributed by atoms with Crippen LogP contribution in [0.5, 0.6) is 5.75 Å². The summed E-state index contributed by atoms with van der Waals surface area (Å²) in [6.07, 6.45) is 2.20. The highest BCUT2D eigenvalue weighted by molar-refractivity contribution is 9.11. The molecule has 0 aliphatic carbocycles. The molecule has 4 rings (SSSR count). The highest BCUT2D eigenvalue weighted by atomic mass is 79.9. The maximum atomic E-state index is 13.1. The largest absolute Gasteiger partial charge is 0.487 e. The van der Waals surface area contributed by atoms with Gasteiger partial charge >= 0.3 is 0 Å². The topological polar surface area (TPSA) is 56.5 Å². The van der Waals surface area contributed by atoms with Crippen LogP contribution in [0.1, 0.15) is 23.9 Å². The number of ether oxygens (including phenoxy) is 1. The van der Waals surface area contributed by atoms with E-state index in [0.29, 0.717) is 40.5 Å². The van der Waals surface area contributed by atoms with E-state index in [1.807, 2.05) is 55.5 Å². The van der Waals surface area contributed by atoms with Gasteiger partial charge in [-0.15, -0.1) is 0 Å². The van der Waals surface area contributed by atoms with Crippen molar-refractivity contribution in [2.75, 3.05) is 0 Å². The molecule has 0 bridgehead atoms. The van der Waals surface area contributed by atoms with Crippen LogP contribution in [0, 0.1) is 0 Å². The SMILES string of the molecule is CCc1nc2ccc(Br)cc2c(=O)n1N=Cc1cc(Br)c(OCc2ccc(Cl)cc2)c(Br)c1. The lowest BCUT2D eigenvalue weighted by molar-refractivity contribution is 0.302. The molecule has 0 aliphatic rings. The van der Waals surface area contributed by atoms with E-state index in [9.17, 15) is 4.79 Å². The molecule has 0 fully saturated rings. The summed E-state index contributed by atoms with van der Waals surface area (Å²) in [5, 5.41) is 5.64. The summed E-state index contributed by atoms with van der Waals surface area (Å²) >= 11 is 16.5. The van der Waals surface area contributed by atoms with Crippen LogP contribution in [0.25, 0.3) is 10.9 Å². The average molecular weight is 655 g/mol. The molecule has 0 atom stereocenters. The van der Waals surface area contributed by atoms with E-state index in [4.69, 9.17) is 16.3 Å². The molecule has 0 saturated carbocycles. The Bertz CT molecular complexity index is 1400. The van der Waals surface area contributed by atoms with Gasteiger partial charge in [0.25, 0.3) is 5.56 Å². The van der Waals surface area contributed by atoms with E-state index in [2.05, 4.69) is 57.9 Å². The lowest BCUT2D eigenvalue weighted by Gasteiger charge is -2.12. The predicted octanol–water partition coefficient (Wildman–Crippen LogP) is 7.36. The Morgan fingerprint density at radius 2 is 1.76 bits per heavy atom. The lowest BCUT2D eigenvalue weighted by Crippen LogP contribution is -2.22. The van der Waals surface area contributed by atoms with E-state index in [1.54, 1.807) is 12.3 Å². The van der Waals surface area contributed by atoms with Crippen molar-refractivity contribution in [1.82, 2.24) is 9.66 Å². The molecule has 4 aromatic rings. The van der Waals surface area contributed by atoms with Crippen molar-refractivity contribution in [2.24, 2.45) is 5.10 Å². The first-order valence-corrected chi connectivity index (χ1v) is 12.7. The average Bonchev–Trinajstić information content (AvgIpc) is 2.79. The van der Waals surface area contributed by atoms with Gasteiger partial charge in [-0.2, -0.15) is 9.78 Å². The van der Waals surface area contributed by atoms with Gasteiger partial charge in [0.2, 0.25) is 0 Å². The van der Waals surface area contributed by atoms with Gasteiger partial charge in [-0.1, -0.05) is 46.6 Å². The molecule has 1 aromatic heterocycles. The van der Waals surface area contributed by atoms with Crippen molar-refractivity contribution in [3.05, 3.63) is 100 Å². The van der Waals surface area contributed by atoms with Gasteiger partial charge in [-0.05, 0) is 85.5 Å². The summed E-state index contributed by atoms with van der Waals surface area (Å²) in [7, 11) is 0. The van der Waals surface area contributed by atoms with Gasteiger partial charge in [0, 0.05) is 15.9 Å². The monoisotopic (exact) mass is 651 g/mol. The summed E-state index contributed by atoms with van der Waals surface area (Å²) in [5.74, 6) is 1.26. The standard InChI is InChI=1S/C24H17Br3ClN3O2/c1-2-22-30-21-8-5-16(25)11-18(21)24(32)31(22)29-12-15-9-19(26)23(20(27)10-15)33-13-14-3-6-17(28)7-4-14/h3-12H,2,13H2,1H3. The molecular formula is C24H17Br3ClN3O2.